The van der Waals surface area contributed by atoms with Crippen LogP contribution >= 0.6 is 0 Å². The zero-order valence-corrected chi connectivity index (χ0v) is 10.8. The molecule has 6 nitrogen and oxygen atoms in total. The van der Waals surface area contributed by atoms with E-state index >= 15 is 0 Å². The molecule has 0 atom stereocenters. The second-order valence-electron chi connectivity index (χ2n) is 4.87. The standard InChI is InChI=1S/C13H14O6/c1-13(2,3)19-12(18)9-6-7(10(14)15)4-5-8(9)11(16)17/h4-6H,1-3H3,(H,14,15)(H,16,17). The van der Waals surface area contributed by atoms with Gasteiger partial charge in [0.2, 0.25) is 0 Å². The maximum atomic E-state index is 11.9. The van der Waals surface area contributed by atoms with Crippen molar-refractivity contribution in [2.75, 3.05) is 0 Å². The minimum absolute atomic E-state index is 0.175. The predicted molar refractivity (Wildman–Crippen MR) is 65.5 cm³/mol. The van der Waals surface area contributed by atoms with Crippen molar-refractivity contribution in [2.24, 2.45) is 0 Å². The van der Waals surface area contributed by atoms with E-state index in [0.29, 0.717) is 0 Å². The van der Waals surface area contributed by atoms with Gasteiger partial charge in [0.25, 0.3) is 0 Å². The molecule has 0 aromatic heterocycles. The van der Waals surface area contributed by atoms with Gasteiger partial charge in [-0.05, 0) is 39.0 Å². The van der Waals surface area contributed by atoms with Gasteiger partial charge in [0.15, 0.2) is 0 Å². The molecular formula is C13H14O6. The number of carbonyl (C=O) groups is 3. The number of hydrogen-bond acceptors (Lipinski definition) is 4. The van der Waals surface area contributed by atoms with Crippen LogP contribution in [0.25, 0.3) is 0 Å². The van der Waals surface area contributed by atoms with E-state index in [1.165, 1.54) is 0 Å². The Morgan fingerprint density at radius 1 is 1.00 bits per heavy atom. The Labute approximate surface area is 109 Å². The summed E-state index contributed by atoms with van der Waals surface area (Å²) in [6.45, 7) is 4.89. The number of aromatic carboxylic acids is 2. The number of carboxylic acids is 2. The number of carbonyl (C=O) groups excluding carboxylic acids is 1. The van der Waals surface area contributed by atoms with Gasteiger partial charge in [-0.25, -0.2) is 14.4 Å². The maximum Gasteiger partial charge on any atom is 0.339 e. The summed E-state index contributed by atoms with van der Waals surface area (Å²) in [4.78, 5) is 33.7. The third-order valence-electron chi connectivity index (χ3n) is 2.12. The largest absolute Gasteiger partial charge is 0.478 e. The molecule has 0 radical (unpaired) electrons. The van der Waals surface area contributed by atoms with E-state index in [1.54, 1.807) is 20.8 Å². The quantitative estimate of drug-likeness (QED) is 0.812. The second kappa shape index (κ2) is 5.09. The monoisotopic (exact) mass is 266 g/mol. The van der Waals surface area contributed by atoms with Crippen LogP contribution in [0.4, 0.5) is 0 Å². The Bertz CT molecular complexity index is 539. The molecule has 0 amide bonds. The molecule has 0 bridgehead atoms. The third-order valence-corrected chi connectivity index (χ3v) is 2.12. The van der Waals surface area contributed by atoms with Crippen LogP contribution in [0, 0.1) is 0 Å². The lowest BCUT2D eigenvalue weighted by atomic mass is 10.0. The average molecular weight is 266 g/mol. The van der Waals surface area contributed by atoms with Crippen molar-refractivity contribution in [2.45, 2.75) is 26.4 Å². The van der Waals surface area contributed by atoms with Crippen molar-refractivity contribution in [1.29, 1.82) is 0 Å². The van der Waals surface area contributed by atoms with Gasteiger partial charge >= 0.3 is 17.9 Å². The number of esters is 1. The highest BCUT2D eigenvalue weighted by Crippen LogP contribution is 2.17. The van der Waals surface area contributed by atoms with Crippen LogP contribution in [0.1, 0.15) is 51.8 Å². The first-order chi connectivity index (χ1) is 8.61. The van der Waals surface area contributed by atoms with Crippen LogP contribution in [-0.4, -0.2) is 33.7 Å². The molecule has 19 heavy (non-hydrogen) atoms. The molecule has 0 spiro atoms. The average Bonchev–Trinajstić information content (AvgIpc) is 2.25. The van der Waals surface area contributed by atoms with Crippen LogP contribution in [0.3, 0.4) is 0 Å². The Kier molecular flexibility index (Phi) is 3.94. The number of carboxylic acid groups (broad SMARTS) is 2. The number of hydrogen-bond donors (Lipinski definition) is 2. The van der Waals surface area contributed by atoms with Gasteiger partial charge in [-0.3, -0.25) is 0 Å². The summed E-state index contributed by atoms with van der Waals surface area (Å²) in [5.41, 5.74) is -1.54. The van der Waals surface area contributed by atoms with E-state index in [0.717, 1.165) is 18.2 Å². The van der Waals surface area contributed by atoms with Gasteiger partial charge in [0.05, 0.1) is 16.7 Å². The smallest absolute Gasteiger partial charge is 0.339 e. The second-order valence-corrected chi connectivity index (χ2v) is 4.87. The summed E-state index contributed by atoms with van der Waals surface area (Å²) in [6.07, 6.45) is 0. The highest BCUT2D eigenvalue weighted by Gasteiger charge is 2.24. The lowest BCUT2D eigenvalue weighted by Crippen LogP contribution is -2.25. The molecule has 0 aliphatic carbocycles. The van der Waals surface area contributed by atoms with Crippen LogP contribution < -0.4 is 0 Å². The Morgan fingerprint density at radius 2 is 1.58 bits per heavy atom. The van der Waals surface area contributed by atoms with E-state index in [9.17, 15) is 14.4 Å². The lowest BCUT2D eigenvalue weighted by molar-refractivity contribution is 0.00658. The highest BCUT2D eigenvalue weighted by atomic mass is 16.6. The SMILES string of the molecule is CC(C)(C)OC(=O)c1cc(C(=O)O)ccc1C(=O)O. The molecule has 1 aromatic carbocycles. The van der Waals surface area contributed by atoms with Crippen LogP contribution in [0.5, 0.6) is 0 Å². The number of rotatable bonds is 3. The van der Waals surface area contributed by atoms with E-state index in [-0.39, 0.29) is 16.7 Å². The molecule has 1 rings (SSSR count). The molecule has 2 N–H and O–H groups in total. The highest BCUT2D eigenvalue weighted by molar-refractivity contribution is 6.04. The first kappa shape index (κ1) is 14.7. The summed E-state index contributed by atoms with van der Waals surface area (Å²) in [5.74, 6) is -3.44. The van der Waals surface area contributed by atoms with E-state index in [4.69, 9.17) is 14.9 Å². The van der Waals surface area contributed by atoms with Crippen molar-refractivity contribution in [3.8, 4) is 0 Å². The third kappa shape index (κ3) is 3.80. The molecule has 6 heteroatoms. The molecular weight excluding hydrogens is 252 g/mol. The molecule has 0 saturated heterocycles. The van der Waals surface area contributed by atoms with Crippen LogP contribution in [0.2, 0.25) is 0 Å². The zero-order valence-electron chi connectivity index (χ0n) is 10.8. The molecule has 0 fully saturated rings. The number of ether oxygens (including phenoxy) is 1. The van der Waals surface area contributed by atoms with E-state index in [1.807, 2.05) is 0 Å². The van der Waals surface area contributed by atoms with Crippen LogP contribution in [-0.2, 0) is 4.74 Å². The van der Waals surface area contributed by atoms with Gasteiger partial charge in [0, 0.05) is 0 Å². The van der Waals surface area contributed by atoms with Gasteiger partial charge in [-0.1, -0.05) is 0 Å². The first-order valence-electron chi connectivity index (χ1n) is 5.46. The predicted octanol–water partition coefficient (Wildman–Crippen LogP) is 2.04. The fraction of sp³-hybridized carbons (Fsp3) is 0.308. The van der Waals surface area contributed by atoms with Gasteiger partial charge in [0.1, 0.15) is 5.60 Å². The minimum Gasteiger partial charge on any atom is -0.478 e. The van der Waals surface area contributed by atoms with E-state index in [2.05, 4.69) is 0 Å². The van der Waals surface area contributed by atoms with Crippen molar-refractivity contribution in [1.82, 2.24) is 0 Å². The number of benzene rings is 1. The van der Waals surface area contributed by atoms with Crippen molar-refractivity contribution < 1.29 is 29.3 Å². The van der Waals surface area contributed by atoms with E-state index < -0.39 is 23.5 Å². The normalized spacial score (nSPS) is 10.9. The van der Waals surface area contributed by atoms with Gasteiger partial charge < -0.3 is 14.9 Å². The van der Waals surface area contributed by atoms with Crippen molar-refractivity contribution >= 4 is 17.9 Å². The molecule has 1 aromatic rings. The Hall–Kier alpha value is -2.37. The van der Waals surface area contributed by atoms with Crippen LogP contribution in [0.15, 0.2) is 18.2 Å². The molecule has 0 unspecified atom stereocenters. The summed E-state index contributed by atoms with van der Waals surface area (Å²) in [5, 5.41) is 17.8. The lowest BCUT2D eigenvalue weighted by Gasteiger charge is -2.20. The summed E-state index contributed by atoms with van der Waals surface area (Å²) in [6, 6.07) is 3.20. The fourth-order valence-corrected chi connectivity index (χ4v) is 1.37. The topological polar surface area (TPSA) is 101 Å². The Balaban J connectivity index is 3.29. The molecule has 0 saturated carbocycles. The fourth-order valence-electron chi connectivity index (χ4n) is 1.37. The van der Waals surface area contributed by atoms with Crippen molar-refractivity contribution in [3.63, 3.8) is 0 Å². The zero-order chi connectivity index (χ0) is 14.8. The van der Waals surface area contributed by atoms with Gasteiger partial charge in [-0.2, -0.15) is 0 Å². The minimum atomic E-state index is -1.32. The molecule has 0 heterocycles. The summed E-state index contributed by atoms with van der Waals surface area (Å²) in [7, 11) is 0. The Morgan fingerprint density at radius 3 is 2.00 bits per heavy atom. The first-order valence-corrected chi connectivity index (χ1v) is 5.46. The van der Waals surface area contributed by atoms with Crippen molar-refractivity contribution in [3.05, 3.63) is 34.9 Å². The van der Waals surface area contributed by atoms with Gasteiger partial charge in [-0.15, -0.1) is 0 Å². The maximum absolute atomic E-state index is 11.9. The molecule has 102 valence electrons. The summed E-state index contributed by atoms with van der Waals surface area (Å²) >= 11 is 0. The summed E-state index contributed by atoms with van der Waals surface area (Å²) < 4.78 is 5.05. The molecule has 0 aliphatic heterocycles. The molecule has 0 aliphatic rings.